The number of thioether (sulfide) groups is 1. The number of ether oxygens (including phenoxy) is 1. The summed E-state index contributed by atoms with van der Waals surface area (Å²) < 4.78 is 5.19. The molecule has 0 aromatic heterocycles. The largest absolute Gasteiger partial charge is 0.497 e. The first-order chi connectivity index (χ1) is 7.30. The lowest BCUT2D eigenvalue weighted by Crippen LogP contribution is -2.09. The molecular weight excluding hydrogens is 206 g/mol. The third-order valence-corrected chi connectivity index (χ3v) is 3.72. The minimum absolute atomic E-state index is 0.613. The Kier molecular flexibility index (Phi) is 5.58. The van der Waals surface area contributed by atoms with Crippen molar-refractivity contribution < 1.29 is 4.74 Å². The van der Waals surface area contributed by atoms with Gasteiger partial charge >= 0.3 is 0 Å². The van der Waals surface area contributed by atoms with Gasteiger partial charge in [0.05, 0.1) is 7.11 Å². The molecule has 84 valence electrons. The van der Waals surface area contributed by atoms with Gasteiger partial charge in [0, 0.05) is 10.1 Å². The summed E-state index contributed by atoms with van der Waals surface area (Å²) in [4.78, 5) is 1.26. The minimum atomic E-state index is 0.613. The quantitative estimate of drug-likeness (QED) is 0.756. The number of benzene rings is 1. The fourth-order valence-electron chi connectivity index (χ4n) is 1.40. The van der Waals surface area contributed by atoms with Gasteiger partial charge < -0.3 is 10.5 Å². The van der Waals surface area contributed by atoms with Crippen molar-refractivity contribution in [3.63, 3.8) is 0 Å². The summed E-state index contributed by atoms with van der Waals surface area (Å²) in [5, 5.41) is 0.613. The fraction of sp³-hybridized carbons (Fsp3) is 0.500. The third kappa shape index (κ3) is 4.14. The molecule has 3 heteroatoms. The molecule has 0 fully saturated rings. The molecule has 0 amide bonds. The molecule has 0 spiro atoms. The van der Waals surface area contributed by atoms with E-state index < -0.39 is 0 Å². The van der Waals surface area contributed by atoms with Gasteiger partial charge in [0.2, 0.25) is 0 Å². The van der Waals surface area contributed by atoms with Crippen LogP contribution in [0.15, 0.2) is 29.2 Å². The molecule has 1 aromatic rings. The van der Waals surface area contributed by atoms with Crippen LogP contribution in [0, 0.1) is 0 Å². The Labute approximate surface area is 96.2 Å². The van der Waals surface area contributed by atoms with Crippen LogP contribution >= 0.6 is 11.8 Å². The topological polar surface area (TPSA) is 35.2 Å². The zero-order chi connectivity index (χ0) is 11.1. The summed E-state index contributed by atoms with van der Waals surface area (Å²) >= 11 is 1.88. The molecule has 0 aliphatic heterocycles. The Morgan fingerprint density at radius 2 is 2.27 bits per heavy atom. The highest BCUT2D eigenvalue weighted by molar-refractivity contribution is 8.00. The summed E-state index contributed by atoms with van der Waals surface area (Å²) in [7, 11) is 1.70. The Bertz CT molecular complexity index is 291. The highest BCUT2D eigenvalue weighted by atomic mass is 32.2. The van der Waals surface area contributed by atoms with Crippen LogP contribution in [-0.2, 0) is 0 Å². The highest BCUT2D eigenvalue weighted by Gasteiger charge is 2.07. The Morgan fingerprint density at radius 3 is 2.87 bits per heavy atom. The summed E-state index contributed by atoms with van der Waals surface area (Å²) in [5.41, 5.74) is 5.58. The van der Waals surface area contributed by atoms with E-state index in [0.717, 1.165) is 25.1 Å². The second-order valence-electron chi connectivity index (χ2n) is 3.40. The molecule has 15 heavy (non-hydrogen) atoms. The molecule has 1 atom stereocenters. The zero-order valence-electron chi connectivity index (χ0n) is 9.40. The van der Waals surface area contributed by atoms with Crippen molar-refractivity contribution >= 4 is 11.8 Å². The molecule has 0 heterocycles. The maximum absolute atomic E-state index is 5.58. The summed E-state index contributed by atoms with van der Waals surface area (Å²) in [6.07, 6.45) is 2.22. The van der Waals surface area contributed by atoms with Crippen LogP contribution < -0.4 is 10.5 Å². The summed E-state index contributed by atoms with van der Waals surface area (Å²) in [6, 6.07) is 8.18. The maximum atomic E-state index is 5.58. The van der Waals surface area contributed by atoms with Crippen molar-refractivity contribution in [2.75, 3.05) is 13.7 Å². The van der Waals surface area contributed by atoms with E-state index in [1.54, 1.807) is 7.11 Å². The first kappa shape index (κ1) is 12.4. The predicted molar refractivity (Wildman–Crippen MR) is 66.6 cm³/mol. The average molecular weight is 225 g/mol. The number of rotatable bonds is 6. The predicted octanol–water partition coefficient (Wildman–Crippen LogP) is 2.91. The molecule has 0 saturated heterocycles. The van der Waals surface area contributed by atoms with Crippen LogP contribution in [-0.4, -0.2) is 18.9 Å². The number of hydrogen-bond acceptors (Lipinski definition) is 3. The second-order valence-corrected chi connectivity index (χ2v) is 4.78. The van der Waals surface area contributed by atoms with Crippen molar-refractivity contribution in [3.8, 4) is 5.75 Å². The molecule has 1 aromatic carbocycles. The minimum Gasteiger partial charge on any atom is -0.497 e. The van der Waals surface area contributed by atoms with E-state index >= 15 is 0 Å². The average Bonchev–Trinajstić information content (AvgIpc) is 2.29. The van der Waals surface area contributed by atoms with Gasteiger partial charge in [0.1, 0.15) is 5.75 Å². The van der Waals surface area contributed by atoms with E-state index in [9.17, 15) is 0 Å². The lowest BCUT2D eigenvalue weighted by molar-refractivity contribution is 0.413. The Balaban J connectivity index is 2.61. The van der Waals surface area contributed by atoms with Crippen LogP contribution in [0.25, 0.3) is 0 Å². The van der Waals surface area contributed by atoms with Crippen molar-refractivity contribution in [3.05, 3.63) is 24.3 Å². The molecule has 0 saturated carbocycles. The van der Waals surface area contributed by atoms with E-state index in [4.69, 9.17) is 10.5 Å². The molecule has 0 radical (unpaired) electrons. The molecule has 0 aliphatic carbocycles. The van der Waals surface area contributed by atoms with Gasteiger partial charge in [-0.05, 0) is 37.6 Å². The highest BCUT2D eigenvalue weighted by Crippen LogP contribution is 2.29. The first-order valence-electron chi connectivity index (χ1n) is 5.31. The Morgan fingerprint density at radius 1 is 1.47 bits per heavy atom. The normalized spacial score (nSPS) is 12.5. The smallest absolute Gasteiger partial charge is 0.119 e. The van der Waals surface area contributed by atoms with Gasteiger partial charge in [0.25, 0.3) is 0 Å². The van der Waals surface area contributed by atoms with Gasteiger partial charge in [-0.25, -0.2) is 0 Å². The van der Waals surface area contributed by atoms with Crippen LogP contribution in [0.1, 0.15) is 19.8 Å². The second kappa shape index (κ2) is 6.75. The maximum Gasteiger partial charge on any atom is 0.119 e. The van der Waals surface area contributed by atoms with Gasteiger partial charge in [0.15, 0.2) is 0 Å². The molecule has 1 rings (SSSR count). The number of hydrogen-bond donors (Lipinski definition) is 1. The molecule has 0 bridgehead atoms. The van der Waals surface area contributed by atoms with Crippen molar-refractivity contribution in [1.29, 1.82) is 0 Å². The van der Waals surface area contributed by atoms with E-state index in [0.29, 0.717) is 5.25 Å². The van der Waals surface area contributed by atoms with Gasteiger partial charge in [-0.15, -0.1) is 11.8 Å². The molecular formula is C12H19NOS. The van der Waals surface area contributed by atoms with Crippen LogP contribution in [0.4, 0.5) is 0 Å². The molecule has 0 aliphatic rings. The standard InChI is InChI=1S/C12H19NOS/c1-3-11(7-8-13)15-12-6-4-5-10(9-12)14-2/h4-6,9,11H,3,7-8,13H2,1-2H3. The monoisotopic (exact) mass is 225 g/mol. The summed E-state index contributed by atoms with van der Waals surface area (Å²) in [5.74, 6) is 0.919. The third-order valence-electron chi connectivity index (χ3n) is 2.29. The molecule has 2 N–H and O–H groups in total. The number of nitrogens with two attached hydrogens (primary N) is 1. The van der Waals surface area contributed by atoms with Crippen LogP contribution in [0.2, 0.25) is 0 Å². The molecule has 1 unspecified atom stereocenters. The lowest BCUT2D eigenvalue weighted by atomic mass is 10.2. The van der Waals surface area contributed by atoms with Gasteiger partial charge in [-0.2, -0.15) is 0 Å². The van der Waals surface area contributed by atoms with Crippen LogP contribution in [0.5, 0.6) is 5.75 Å². The van der Waals surface area contributed by atoms with Crippen LogP contribution in [0.3, 0.4) is 0 Å². The SMILES string of the molecule is CCC(CCN)Sc1cccc(OC)c1. The van der Waals surface area contributed by atoms with E-state index in [2.05, 4.69) is 19.1 Å². The zero-order valence-corrected chi connectivity index (χ0v) is 10.2. The first-order valence-corrected chi connectivity index (χ1v) is 6.19. The Hall–Kier alpha value is -0.670. The van der Waals surface area contributed by atoms with E-state index in [1.165, 1.54) is 4.90 Å². The molecule has 2 nitrogen and oxygen atoms in total. The fourth-order valence-corrected chi connectivity index (χ4v) is 2.55. The van der Waals surface area contributed by atoms with Crippen molar-refractivity contribution in [2.45, 2.75) is 29.9 Å². The van der Waals surface area contributed by atoms with Crippen molar-refractivity contribution in [2.24, 2.45) is 5.73 Å². The van der Waals surface area contributed by atoms with Crippen molar-refractivity contribution in [1.82, 2.24) is 0 Å². The van der Waals surface area contributed by atoms with E-state index in [1.807, 2.05) is 23.9 Å². The van der Waals surface area contributed by atoms with E-state index in [-0.39, 0.29) is 0 Å². The summed E-state index contributed by atoms with van der Waals surface area (Å²) in [6.45, 7) is 2.96. The van der Waals surface area contributed by atoms with Gasteiger partial charge in [-0.1, -0.05) is 13.0 Å². The van der Waals surface area contributed by atoms with Gasteiger partial charge in [-0.3, -0.25) is 0 Å². The lowest BCUT2D eigenvalue weighted by Gasteiger charge is -2.13. The number of methoxy groups -OCH3 is 1.